The Morgan fingerprint density at radius 1 is 1.04 bits per heavy atom. The van der Waals surface area contributed by atoms with Crippen LogP contribution in [0.1, 0.15) is 63.9 Å². The third-order valence-corrected chi connectivity index (χ3v) is 4.42. The van der Waals surface area contributed by atoms with Crippen molar-refractivity contribution in [2.45, 2.75) is 77.0 Å². The molecule has 1 aromatic rings. The lowest BCUT2D eigenvalue weighted by Crippen LogP contribution is -2.42. The third-order valence-electron chi connectivity index (χ3n) is 4.42. The van der Waals surface area contributed by atoms with Crippen LogP contribution in [0.2, 0.25) is 0 Å². The molecular weight excluding hydrogens is 346 g/mol. The molecule has 0 aliphatic heterocycles. The predicted octanol–water partition coefficient (Wildman–Crippen LogP) is 3.96. The number of hydrogen-bond acceptors (Lipinski definition) is 5. The van der Waals surface area contributed by atoms with Crippen molar-refractivity contribution in [3.05, 3.63) is 35.9 Å². The van der Waals surface area contributed by atoms with Crippen LogP contribution in [0.4, 0.5) is 4.79 Å². The van der Waals surface area contributed by atoms with E-state index >= 15 is 0 Å². The van der Waals surface area contributed by atoms with E-state index in [0.717, 1.165) is 18.4 Å². The van der Waals surface area contributed by atoms with E-state index < -0.39 is 24.2 Å². The second-order valence-corrected chi connectivity index (χ2v) is 6.72. The number of nitrogens with one attached hydrogen (secondary N) is 1. The van der Waals surface area contributed by atoms with Gasteiger partial charge in [-0.15, -0.1) is 0 Å². The molecule has 0 aliphatic carbocycles. The molecule has 2 N–H and O–H groups in total. The maximum absolute atomic E-state index is 12.0. The van der Waals surface area contributed by atoms with Crippen molar-refractivity contribution in [2.24, 2.45) is 0 Å². The third kappa shape index (κ3) is 10.6. The average molecular weight is 379 g/mol. The van der Waals surface area contributed by atoms with Crippen LogP contribution in [0, 0.1) is 0 Å². The van der Waals surface area contributed by atoms with Crippen LogP contribution in [0.5, 0.6) is 0 Å². The highest BCUT2D eigenvalue weighted by molar-refractivity contribution is 5.81. The molecule has 1 amide bonds. The summed E-state index contributed by atoms with van der Waals surface area (Å²) in [5, 5.41) is 12.6. The van der Waals surface area contributed by atoms with Crippen LogP contribution in [0.25, 0.3) is 0 Å². The molecule has 6 heteroatoms. The average Bonchev–Trinajstić information content (AvgIpc) is 2.69. The van der Waals surface area contributed by atoms with Crippen molar-refractivity contribution in [1.29, 1.82) is 0 Å². The first-order valence-electron chi connectivity index (χ1n) is 9.80. The number of carbonyl (C=O) groups excluding carboxylic acids is 2. The standard InChI is InChI=1S/C21H33NO5/c1-3-4-5-6-10-13-18(23)14-15-19(20(24)26-2)22-21(25)27-16-17-11-8-7-9-12-17/h7-9,11-12,18-19,23H,3-6,10,13-16H2,1-2H3,(H,22,25)/t18?,19-/m0/s1. The van der Waals surface area contributed by atoms with Gasteiger partial charge in [0, 0.05) is 0 Å². The van der Waals surface area contributed by atoms with Gasteiger partial charge in [0.25, 0.3) is 0 Å². The highest BCUT2D eigenvalue weighted by Gasteiger charge is 2.23. The quantitative estimate of drug-likeness (QED) is 0.400. The predicted molar refractivity (Wildman–Crippen MR) is 104 cm³/mol. The number of aliphatic hydroxyl groups is 1. The van der Waals surface area contributed by atoms with Crippen LogP contribution >= 0.6 is 0 Å². The summed E-state index contributed by atoms with van der Waals surface area (Å²) in [5.41, 5.74) is 0.862. The Morgan fingerprint density at radius 3 is 2.41 bits per heavy atom. The molecule has 0 heterocycles. The summed E-state index contributed by atoms with van der Waals surface area (Å²) in [5.74, 6) is -0.540. The van der Waals surface area contributed by atoms with Crippen molar-refractivity contribution in [3.63, 3.8) is 0 Å². The van der Waals surface area contributed by atoms with Gasteiger partial charge in [-0.3, -0.25) is 0 Å². The van der Waals surface area contributed by atoms with Gasteiger partial charge in [0.1, 0.15) is 12.6 Å². The van der Waals surface area contributed by atoms with E-state index in [-0.39, 0.29) is 6.61 Å². The molecule has 152 valence electrons. The number of hydrogen-bond donors (Lipinski definition) is 2. The van der Waals surface area contributed by atoms with Crippen molar-refractivity contribution >= 4 is 12.1 Å². The van der Waals surface area contributed by atoms with Gasteiger partial charge in [0.05, 0.1) is 13.2 Å². The van der Waals surface area contributed by atoms with Crippen LogP contribution in [-0.2, 0) is 20.9 Å². The largest absolute Gasteiger partial charge is 0.467 e. The SMILES string of the molecule is CCCCCCCC(O)CC[C@H](NC(=O)OCc1ccccc1)C(=O)OC. The molecule has 0 radical (unpaired) electrons. The Labute approximate surface area is 162 Å². The first kappa shape index (κ1) is 23.0. The Morgan fingerprint density at radius 2 is 1.74 bits per heavy atom. The number of ether oxygens (including phenoxy) is 2. The number of rotatable bonds is 13. The number of aliphatic hydroxyl groups excluding tert-OH is 1. The first-order chi connectivity index (χ1) is 13.1. The number of amides is 1. The van der Waals surface area contributed by atoms with E-state index in [0.29, 0.717) is 19.3 Å². The van der Waals surface area contributed by atoms with Gasteiger partial charge in [-0.25, -0.2) is 9.59 Å². The lowest BCUT2D eigenvalue weighted by Gasteiger charge is -2.18. The van der Waals surface area contributed by atoms with Crippen molar-refractivity contribution in [1.82, 2.24) is 5.32 Å². The van der Waals surface area contributed by atoms with E-state index in [4.69, 9.17) is 9.47 Å². The van der Waals surface area contributed by atoms with Gasteiger partial charge in [0.2, 0.25) is 0 Å². The molecular formula is C21H33NO5. The minimum atomic E-state index is -0.826. The zero-order valence-corrected chi connectivity index (χ0v) is 16.5. The molecule has 1 rings (SSSR count). The summed E-state index contributed by atoms with van der Waals surface area (Å²) in [6.45, 7) is 2.29. The lowest BCUT2D eigenvalue weighted by atomic mass is 10.0. The fraction of sp³-hybridized carbons (Fsp3) is 0.619. The van der Waals surface area contributed by atoms with Gasteiger partial charge < -0.3 is 19.9 Å². The topological polar surface area (TPSA) is 84.9 Å². The number of unbranched alkanes of at least 4 members (excludes halogenated alkanes) is 4. The molecule has 1 unspecified atom stereocenters. The van der Waals surface area contributed by atoms with E-state index in [1.54, 1.807) is 0 Å². The van der Waals surface area contributed by atoms with Crippen LogP contribution in [0.3, 0.4) is 0 Å². The van der Waals surface area contributed by atoms with Gasteiger partial charge in [-0.1, -0.05) is 69.4 Å². The summed E-state index contributed by atoms with van der Waals surface area (Å²) in [6, 6.07) is 8.47. The Hall–Kier alpha value is -2.08. The fourth-order valence-electron chi connectivity index (χ4n) is 2.79. The van der Waals surface area contributed by atoms with E-state index in [1.807, 2.05) is 30.3 Å². The van der Waals surface area contributed by atoms with E-state index in [9.17, 15) is 14.7 Å². The van der Waals surface area contributed by atoms with Gasteiger partial charge in [-0.05, 0) is 24.8 Å². The van der Waals surface area contributed by atoms with Gasteiger partial charge >= 0.3 is 12.1 Å². The second-order valence-electron chi connectivity index (χ2n) is 6.72. The first-order valence-corrected chi connectivity index (χ1v) is 9.80. The Balaban J connectivity index is 2.34. The summed E-state index contributed by atoms with van der Waals surface area (Å²) in [6.07, 6.45) is 5.94. The maximum atomic E-state index is 12.0. The van der Waals surface area contributed by atoms with Crippen LogP contribution in [-0.4, -0.2) is 36.4 Å². The molecule has 0 fully saturated rings. The molecule has 0 bridgehead atoms. The second kappa shape index (κ2) is 14.0. The molecule has 1 aromatic carbocycles. The smallest absolute Gasteiger partial charge is 0.408 e. The molecule has 6 nitrogen and oxygen atoms in total. The number of alkyl carbamates (subject to hydrolysis) is 1. The monoisotopic (exact) mass is 379 g/mol. The van der Waals surface area contributed by atoms with Crippen LogP contribution in [0.15, 0.2) is 30.3 Å². The molecule has 27 heavy (non-hydrogen) atoms. The normalized spacial score (nSPS) is 12.9. The minimum absolute atomic E-state index is 0.126. The summed E-state index contributed by atoms with van der Waals surface area (Å²) >= 11 is 0. The summed E-state index contributed by atoms with van der Waals surface area (Å²) in [7, 11) is 1.27. The van der Waals surface area contributed by atoms with Crippen molar-refractivity contribution in [3.8, 4) is 0 Å². The number of esters is 1. The van der Waals surface area contributed by atoms with Gasteiger partial charge in [-0.2, -0.15) is 0 Å². The lowest BCUT2D eigenvalue weighted by molar-refractivity contribution is -0.143. The highest BCUT2D eigenvalue weighted by atomic mass is 16.6. The van der Waals surface area contributed by atoms with E-state index in [2.05, 4.69) is 12.2 Å². The van der Waals surface area contributed by atoms with E-state index in [1.165, 1.54) is 26.4 Å². The summed E-state index contributed by atoms with van der Waals surface area (Å²) in [4.78, 5) is 23.9. The van der Waals surface area contributed by atoms with Crippen molar-refractivity contribution in [2.75, 3.05) is 7.11 Å². The highest BCUT2D eigenvalue weighted by Crippen LogP contribution is 2.12. The molecule has 0 saturated carbocycles. The molecule has 0 aliphatic rings. The number of methoxy groups -OCH3 is 1. The zero-order valence-electron chi connectivity index (χ0n) is 16.5. The molecule has 0 spiro atoms. The van der Waals surface area contributed by atoms with Crippen LogP contribution < -0.4 is 5.32 Å². The minimum Gasteiger partial charge on any atom is -0.467 e. The molecule has 2 atom stereocenters. The summed E-state index contributed by atoms with van der Waals surface area (Å²) < 4.78 is 9.89. The zero-order chi connectivity index (χ0) is 19.9. The van der Waals surface area contributed by atoms with Gasteiger partial charge in [0.15, 0.2) is 0 Å². The fourth-order valence-corrected chi connectivity index (χ4v) is 2.79. The molecule has 0 saturated heterocycles. The number of carbonyl (C=O) groups is 2. The van der Waals surface area contributed by atoms with Crippen molar-refractivity contribution < 1.29 is 24.2 Å². The number of benzene rings is 1. The molecule has 0 aromatic heterocycles. The Bertz CT molecular complexity index is 535. The Kier molecular flexibility index (Phi) is 11.9. The maximum Gasteiger partial charge on any atom is 0.408 e.